The molecule has 0 saturated carbocycles. The molecular formula is C27H29N5O3. The second-order valence-electron chi connectivity index (χ2n) is 8.76. The highest BCUT2D eigenvalue weighted by atomic mass is 16.5. The van der Waals surface area contributed by atoms with E-state index in [1.54, 1.807) is 36.1 Å². The number of carbonyl (C=O) groups is 2. The second-order valence-corrected chi connectivity index (χ2v) is 8.76. The molecule has 1 fully saturated rings. The van der Waals surface area contributed by atoms with Gasteiger partial charge in [-0.1, -0.05) is 30.3 Å². The van der Waals surface area contributed by atoms with Crippen LogP contribution in [0.2, 0.25) is 0 Å². The maximum Gasteiger partial charge on any atom is 0.338 e. The normalized spacial score (nSPS) is 15.0. The van der Waals surface area contributed by atoms with Gasteiger partial charge < -0.3 is 19.9 Å². The SMILES string of the molecule is CCOC(=O)c1ccc(NC(=O)N2CCc3nc(-c4ccccc4)nc(N4CCCC4)c3C2)cc1. The van der Waals surface area contributed by atoms with E-state index in [9.17, 15) is 9.59 Å². The third-order valence-corrected chi connectivity index (χ3v) is 6.41. The molecule has 0 atom stereocenters. The summed E-state index contributed by atoms with van der Waals surface area (Å²) in [5, 5.41) is 2.95. The highest BCUT2D eigenvalue weighted by Crippen LogP contribution is 2.31. The molecule has 1 aromatic heterocycles. The standard InChI is InChI=1S/C27H29N5O3/c1-2-35-26(33)20-10-12-21(13-11-20)28-27(34)32-17-14-23-22(18-32)25(31-15-6-7-16-31)30-24(29-23)19-8-4-3-5-9-19/h3-5,8-13H,2,6-7,14-18H2,1H3,(H,28,34). The van der Waals surface area contributed by atoms with Crippen LogP contribution < -0.4 is 10.2 Å². The van der Waals surface area contributed by atoms with Crippen LogP contribution in [-0.2, 0) is 17.7 Å². The number of carbonyl (C=O) groups excluding carboxylic acids is 2. The van der Waals surface area contributed by atoms with Gasteiger partial charge in [0, 0.05) is 42.9 Å². The van der Waals surface area contributed by atoms with Crippen LogP contribution in [0.4, 0.5) is 16.3 Å². The van der Waals surface area contributed by atoms with E-state index >= 15 is 0 Å². The van der Waals surface area contributed by atoms with Crippen molar-refractivity contribution < 1.29 is 14.3 Å². The minimum Gasteiger partial charge on any atom is -0.462 e. The number of amides is 2. The fraction of sp³-hybridized carbons (Fsp3) is 0.333. The monoisotopic (exact) mass is 471 g/mol. The van der Waals surface area contributed by atoms with E-state index in [1.807, 2.05) is 30.3 Å². The number of aromatic nitrogens is 2. The molecule has 0 aliphatic carbocycles. The van der Waals surface area contributed by atoms with Gasteiger partial charge in [-0.3, -0.25) is 0 Å². The molecule has 1 N–H and O–H groups in total. The third-order valence-electron chi connectivity index (χ3n) is 6.41. The quantitative estimate of drug-likeness (QED) is 0.551. The number of esters is 1. The molecule has 2 amide bonds. The van der Waals surface area contributed by atoms with Crippen LogP contribution in [-0.4, -0.2) is 53.1 Å². The van der Waals surface area contributed by atoms with Gasteiger partial charge in [0.25, 0.3) is 0 Å². The van der Waals surface area contributed by atoms with Crippen molar-refractivity contribution in [2.45, 2.75) is 32.7 Å². The molecule has 0 radical (unpaired) electrons. The number of ether oxygens (including phenoxy) is 1. The van der Waals surface area contributed by atoms with Crippen molar-refractivity contribution >= 4 is 23.5 Å². The Labute approximate surface area is 204 Å². The number of benzene rings is 2. The predicted molar refractivity (Wildman–Crippen MR) is 134 cm³/mol. The highest BCUT2D eigenvalue weighted by molar-refractivity contribution is 5.92. The van der Waals surface area contributed by atoms with Crippen LogP contribution in [0.15, 0.2) is 54.6 Å². The van der Waals surface area contributed by atoms with Crippen molar-refractivity contribution in [3.05, 3.63) is 71.4 Å². The van der Waals surface area contributed by atoms with Gasteiger partial charge in [-0.15, -0.1) is 0 Å². The van der Waals surface area contributed by atoms with E-state index in [1.165, 1.54) is 0 Å². The molecule has 0 bridgehead atoms. The minimum absolute atomic E-state index is 0.181. The summed E-state index contributed by atoms with van der Waals surface area (Å²) in [5.41, 5.74) is 4.14. The third kappa shape index (κ3) is 4.96. The number of urea groups is 1. The fourth-order valence-electron chi connectivity index (χ4n) is 4.58. The summed E-state index contributed by atoms with van der Waals surface area (Å²) in [4.78, 5) is 38.9. The van der Waals surface area contributed by atoms with E-state index < -0.39 is 0 Å². The van der Waals surface area contributed by atoms with Crippen LogP contribution in [0.3, 0.4) is 0 Å². The van der Waals surface area contributed by atoms with E-state index in [0.717, 1.165) is 54.4 Å². The number of hydrogen-bond acceptors (Lipinski definition) is 6. The van der Waals surface area contributed by atoms with Crippen LogP contribution in [0.1, 0.15) is 41.4 Å². The van der Waals surface area contributed by atoms with Gasteiger partial charge in [0.15, 0.2) is 5.82 Å². The lowest BCUT2D eigenvalue weighted by atomic mass is 10.0. The van der Waals surface area contributed by atoms with Crippen molar-refractivity contribution in [2.24, 2.45) is 0 Å². The van der Waals surface area contributed by atoms with Crippen LogP contribution in [0.5, 0.6) is 0 Å². The summed E-state index contributed by atoms with van der Waals surface area (Å²) < 4.78 is 5.02. The zero-order valence-corrected chi connectivity index (χ0v) is 19.9. The zero-order chi connectivity index (χ0) is 24.2. The van der Waals surface area contributed by atoms with Crippen molar-refractivity contribution in [1.29, 1.82) is 0 Å². The lowest BCUT2D eigenvalue weighted by Crippen LogP contribution is -2.40. The summed E-state index contributed by atoms with van der Waals surface area (Å²) in [7, 11) is 0. The van der Waals surface area contributed by atoms with Crippen LogP contribution in [0.25, 0.3) is 11.4 Å². The van der Waals surface area contributed by atoms with Crippen LogP contribution >= 0.6 is 0 Å². The Bertz CT molecular complexity index is 1210. The molecule has 8 heteroatoms. The first-order chi connectivity index (χ1) is 17.1. The summed E-state index contributed by atoms with van der Waals surface area (Å²) in [6.07, 6.45) is 2.96. The molecule has 0 spiro atoms. The Morgan fingerprint density at radius 2 is 1.71 bits per heavy atom. The first-order valence-corrected chi connectivity index (χ1v) is 12.2. The van der Waals surface area contributed by atoms with Gasteiger partial charge in [-0.25, -0.2) is 19.6 Å². The lowest BCUT2D eigenvalue weighted by molar-refractivity contribution is 0.0526. The summed E-state index contributed by atoms with van der Waals surface area (Å²) in [6.45, 7) is 5.07. The number of rotatable bonds is 5. The molecule has 1 saturated heterocycles. The largest absolute Gasteiger partial charge is 0.462 e. The number of fused-ring (bicyclic) bond motifs is 1. The average molecular weight is 472 g/mol. The zero-order valence-electron chi connectivity index (χ0n) is 19.9. The molecule has 2 aliphatic heterocycles. The minimum atomic E-state index is -0.373. The topological polar surface area (TPSA) is 87.7 Å². The fourth-order valence-corrected chi connectivity index (χ4v) is 4.58. The molecule has 3 aromatic rings. The smallest absolute Gasteiger partial charge is 0.338 e. The molecule has 0 unspecified atom stereocenters. The van der Waals surface area contributed by atoms with Gasteiger partial charge in [0.05, 0.1) is 24.4 Å². The Morgan fingerprint density at radius 1 is 0.971 bits per heavy atom. The average Bonchev–Trinajstić information content (AvgIpc) is 3.44. The molecule has 3 heterocycles. The molecule has 180 valence electrons. The Balaban J connectivity index is 1.36. The highest BCUT2D eigenvalue weighted by Gasteiger charge is 2.29. The second kappa shape index (κ2) is 10.1. The first-order valence-electron chi connectivity index (χ1n) is 12.2. The summed E-state index contributed by atoms with van der Waals surface area (Å²) in [6, 6.07) is 16.6. The van der Waals surface area contributed by atoms with E-state index in [4.69, 9.17) is 14.7 Å². The van der Waals surface area contributed by atoms with Crippen molar-refractivity contribution in [3.63, 3.8) is 0 Å². The van der Waals surface area contributed by atoms with Crippen molar-refractivity contribution in [2.75, 3.05) is 36.5 Å². The molecular weight excluding hydrogens is 442 g/mol. The maximum absolute atomic E-state index is 13.1. The summed E-state index contributed by atoms with van der Waals surface area (Å²) >= 11 is 0. The van der Waals surface area contributed by atoms with Crippen molar-refractivity contribution in [3.8, 4) is 11.4 Å². The number of hydrogen-bond donors (Lipinski definition) is 1. The Morgan fingerprint density at radius 3 is 2.43 bits per heavy atom. The van der Waals surface area contributed by atoms with Crippen LogP contribution in [0, 0.1) is 0 Å². The van der Waals surface area contributed by atoms with E-state index in [0.29, 0.717) is 37.4 Å². The molecule has 2 aliphatic rings. The Kier molecular flexibility index (Phi) is 6.61. The van der Waals surface area contributed by atoms with Gasteiger partial charge in [-0.05, 0) is 44.0 Å². The van der Waals surface area contributed by atoms with E-state index in [-0.39, 0.29) is 12.0 Å². The Hall–Kier alpha value is -3.94. The molecule has 5 rings (SSSR count). The summed E-state index contributed by atoms with van der Waals surface area (Å²) in [5.74, 6) is 1.32. The number of anilines is 2. The van der Waals surface area contributed by atoms with Crippen molar-refractivity contribution in [1.82, 2.24) is 14.9 Å². The number of nitrogens with one attached hydrogen (secondary N) is 1. The van der Waals surface area contributed by atoms with E-state index in [2.05, 4.69) is 10.2 Å². The molecule has 8 nitrogen and oxygen atoms in total. The number of nitrogens with zero attached hydrogens (tertiary/aromatic N) is 4. The molecule has 35 heavy (non-hydrogen) atoms. The predicted octanol–water partition coefficient (Wildman–Crippen LogP) is 4.51. The van der Waals surface area contributed by atoms with Gasteiger partial charge in [0.2, 0.25) is 0 Å². The van der Waals surface area contributed by atoms with Gasteiger partial charge in [-0.2, -0.15) is 0 Å². The maximum atomic E-state index is 13.1. The lowest BCUT2D eigenvalue weighted by Gasteiger charge is -2.32. The van der Waals surface area contributed by atoms with Gasteiger partial charge >= 0.3 is 12.0 Å². The molecule has 2 aromatic carbocycles. The van der Waals surface area contributed by atoms with Gasteiger partial charge in [0.1, 0.15) is 5.82 Å². The first kappa shape index (κ1) is 22.8.